The van der Waals surface area contributed by atoms with Crippen LogP contribution in [0.15, 0.2) is 23.7 Å². The van der Waals surface area contributed by atoms with Gasteiger partial charge in [-0.1, -0.05) is 6.92 Å². The second kappa shape index (κ2) is 5.66. The monoisotopic (exact) mass is 302 g/mol. The van der Waals surface area contributed by atoms with Gasteiger partial charge in [-0.25, -0.2) is 9.97 Å². The van der Waals surface area contributed by atoms with Crippen LogP contribution in [0.4, 0.5) is 24.8 Å². The van der Waals surface area contributed by atoms with Gasteiger partial charge < -0.3 is 11.1 Å². The van der Waals surface area contributed by atoms with Gasteiger partial charge in [0.05, 0.1) is 11.6 Å². The normalized spacial score (nSPS) is 13.2. The van der Waals surface area contributed by atoms with Crippen molar-refractivity contribution in [3.05, 3.63) is 34.3 Å². The number of anilines is 2. The number of hydrogen-bond acceptors (Lipinski definition) is 5. The second-order valence-corrected chi connectivity index (χ2v) is 5.07. The lowest BCUT2D eigenvalue weighted by atomic mass is 10.2. The molecular formula is C12H13F3N4S. The van der Waals surface area contributed by atoms with E-state index in [4.69, 9.17) is 5.73 Å². The van der Waals surface area contributed by atoms with Crippen molar-refractivity contribution in [3.63, 3.8) is 0 Å². The summed E-state index contributed by atoms with van der Waals surface area (Å²) in [4.78, 5) is 8.04. The van der Waals surface area contributed by atoms with Crippen LogP contribution in [-0.4, -0.2) is 9.97 Å². The van der Waals surface area contributed by atoms with Crippen molar-refractivity contribution < 1.29 is 13.2 Å². The van der Waals surface area contributed by atoms with Crippen LogP contribution < -0.4 is 11.1 Å². The fourth-order valence-electron chi connectivity index (χ4n) is 1.71. The molecule has 0 spiro atoms. The molecule has 0 fully saturated rings. The lowest BCUT2D eigenvalue weighted by molar-refractivity contribution is -0.137. The highest BCUT2D eigenvalue weighted by atomic mass is 32.1. The van der Waals surface area contributed by atoms with Gasteiger partial charge in [-0.15, -0.1) is 11.3 Å². The van der Waals surface area contributed by atoms with E-state index in [1.807, 2.05) is 12.3 Å². The number of nitrogen functional groups attached to an aromatic ring is 1. The molecule has 0 saturated carbocycles. The fourth-order valence-corrected chi connectivity index (χ4v) is 2.49. The Morgan fingerprint density at radius 3 is 2.70 bits per heavy atom. The van der Waals surface area contributed by atoms with Gasteiger partial charge in [0.25, 0.3) is 0 Å². The summed E-state index contributed by atoms with van der Waals surface area (Å²) in [7, 11) is 0. The quantitative estimate of drug-likeness (QED) is 0.904. The van der Waals surface area contributed by atoms with Crippen LogP contribution in [0, 0.1) is 0 Å². The number of nitrogens with two attached hydrogens (primary N) is 1. The second-order valence-electron chi connectivity index (χ2n) is 4.14. The third-order valence-corrected chi connectivity index (χ3v) is 3.54. The maximum atomic E-state index is 12.7. The molecule has 0 aliphatic heterocycles. The fraction of sp³-hybridized carbons (Fsp3) is 0.333. The van der Waals surface area contributed by atoms with Gasteiger partial charge in [0.15, 0.2) is 0 Å². The average Bonchev–Trinajstić information content (AvgIpc) is 2.88. The molecule has 0 radical (unpaired) electrons. The van der Waals surface area contributed by atoms with Crippen LogP contribution in [0.5, 0.6) is 0 Å². The van der Waals surface area contributed by atoms with E-state index < -0.39 is 11.7 Å². The van der Waals surface area contributed by atoms with Crippen LogP contribution in [-0.2, 0) is 6.18 Å². The van der Waals surface area contributed by atoms with Crippen molar-refractivity contribution in [1.29, 1.82) is 0 Å². The van der Waals surface area contributed by atoms with E-state index in [1.165, 1.54) is 11.3 Å². The predicted octanol–water partition coefficient (Wildman–Crippen LogP) is 3.70. The Hall–Kier alpha value is -1.83. The zero-order valence-electron chi connectivity index (χ0n) is 10.6. The summed E-state index contributed by atoms with van der Waals surface area (Å²) in [6.07, 6.45) is -2.13. The lowest BCUT2D eigenvalue weighted by Crippen LogP contribution is -2.13. The SMILES string of the molecule is CCC(Nc1cc(C(F)(F)F)cc(N)n1)c1nccs1. The number of thiazole rings is 1. The molecule has 20 heavy (non-hydrogen) atoms. The summed E-state index contributed by atoms with van der Waals surface area (Å²) in [6.45, 7) is 1.91. The van der Waals surface area contributed by atoms with Gasteiger partial charge in [-0.2, -0.15) is 13.2 Å². The van der Waals surface area contributed by atoms with Crippen LogP contribution in [0.2, 0.25) is 0 Å². The molecule has 0 aliphatic rings. The highest BCUT2D eigenvalue weighted by Gasteiger charge is 2.31. The van der Waals surface area contributed by atoms with Crippen molar-refractivity contribution in [2.24, 2.45) is 0 Å². The Bertz CT molecular complexity index is 569. The first kappa shape index (κ1) is 14.6. The van der Waals surface area contributed by atoms with E-state index in [1.54, 1.807) is 6.20 Å². The summed E-state index contributed by atoms with van der Waals surface area (Å²) in [6, 6.07) is 1.58. The predicted molar refractivity (Wildman–Crippen MR) is 72.4 cm³/mol. The summed E-state index contributed by atoms with van der Waals surface area (Å²) in [5, 5.41) is 5.55. The molecule has 1 unspecified atom stereocenters. The third-order valence-electron chi connectivity index (χ3n) is 2.65. The molecule has 2 aromatic rings. The molecule has 0 aromatic carbocycles. The van der Waals surface area contributed by atoms with E-state index in [0.29, 0.717) is 6.42 Å². The van der Waals surface area contributed by atoms with Gasteiger partial charge in [0.1, 0.15) is 16.6 Å². The smallest absolute Gasteiger partial charge is 0.384 e. The summed E-state index contributed by atoms with van der Waals surface area (Å²) in [5.74, 6) is -0.0734. The number of aromatic nitrogens is 2. The van der Waals surface area contributed by atoms with Gasteiger partial charge in [-0.3, -0.25) is 0 Å². The van der Waals surface area contributed by atoms with Crippen molar-refractivity contribution in [2.75, 3.05) is 11.1 Å². The summed E-state index contributed by atoms with van der Waals surface area (Å²) in [5.41, 5.74) is 4.61. The van der Waals surface area contributed by atoms with Crippen molar-refractivity contribution in [2.45, 2.75) is 25.6 Å². The molecule has 1 atom stereocenters. The Balaban J connectivity index is 2.27. The van der Waals surface area contributed by atoms with E-state index in [9.17, 15) is 13.2 Å². The maximum Gasteiger partial charge on any atom is 0.416 e. The van der Waals surface area contributed by atoms with E-state index in [0.717, 1.165) is 17.1 Å². The zero-order valence-corrected chi connectivity index (χ0v) is 11.4. The average molecular weight is 302 g/mol. The number of alkyl halides is 3. The van der Waals surface area contributed by atoms with Crippen molar-refractivity contribution >= 4 is 23.0 Å². The highest BCUT2D eigenvalue weighted by molar-refractivity contribution is 7.09. The molecule has 0 bridgehead atoms. The molecule has 108 valence electrons. The van der Waals surface area contributed by atoms with Gasteiger partial charge in [-0.05, 0) is 18.6 Å². The number of halogens is 3. The molecular weight excluding hydrogens is 289 g/mol. The molecule has 0 aliphatic carbocycles. The zero-order chi connectivity index (χ0) is 14.8. The Kier molecular flexibility index (Phi) is 4.12. The standard InChI is InChI=1S/C12H13F3N4S/c1-2-8(11-17-3-4-20-11)18-10-6-7(12(13,14)15)5-9(16)19-10/h3-6,8H,2H2,1H3,(H3,16,18,19). The summed E-state index contributed by atoms with van der Waals surface area (Å²) < 4.78 is 38.2. The molecule has 0 saturated heterocycles. The number of nitrogens with zero attached hydrogens (tertiary/aromatic N) is 2. The number of pyridine rings is 1. The topological polar surface area (TPSA) is 63.8 Å². The van der Waals surface area contributed by atoms with Crippen LogP contribution in [0.25, 0.3) is 0 Å². The largest absolute Gasteiger partial charge is 0.416 e. The first-order valence-corrected chi connectivity index (χ1v) is 6.78. The van der Waals surface area contributed by atoms with Gasteiger partial charge in [0.2, 0.25) is 0 Å². The highest BCUT2D eigenvalue weighted by Crippen LogP contribution is 2.32. The molecule has 8 heteroatoms. The minimum Gasteiger partial charge on any atom is -0.384 e. The van der Waals surface area contributed by atoms with Crippen LogP contribution in [0.1, 0.15) is 30.0 Å². The Labute approximate surface area is 117 Å². The Morgan fingerprint density at radius 2 is 2.15 bits per heavy atom. The third kappa shape index (κ3) is 3.38. The van der Waals surface area contributed by atoms with Crippen LogP contribution >= 0.6 is 11.3 Å². The van der Waals surface area contributed by atoms with Gasteiger partial charge >= 0.3 is 6.18 Å². The van der Waals surface area contributed by atoms with E-state index in [-0.39, 0.29) is 17.7 Å². The van der Waals surface area contributed by atoms with Crippen molar-refractivity contribution in [3.8, 4) is 0 Å². The molecule has 4 nitrogen and oxygen atoms in total. The van der Waals surface area contributed by atoms with Crippen molar-refractivity contribution in [1.82, 2.24) is 9.97 Å². The Morgan fingerprint density at radius 1 is 1.40 bits per heavy atom. The molecule has 0 amide bonds. The molecule has 2 heterocycles. The number of hydrogen-bond donors (Lipinski definition) is 2. The van der Waals surface area contributed by atoms with E-state index >= 15 is 0 Å². The minimum absolute atomic E-state index is 0.0966. The van der Waals surface area contributed by atoms with Gasteiger partial charge in [0, 0.05) is 11.6 Å². The maximum absolute atomic E-state index is 12.7. The molecule has 2 aromatic heterocycles. The number of rotatable bonds is 4. The molecule has 3 N–H and O–H groups in total. The first-order valence-electron chi connectivity index (χ1n) is 5.91. The van der Waals surface area contributed by atoms with E-state index in [2.05, 4.69) is 15.3 Å². The molecule has 2 rings (SSSR count). The lowest BCUT2D eigenvalue weighted by Gasteiger charge is -2.17. The minimum atomic E-state index is -4.45. The first-order chi connectivity index (χ1) is 9.40. The number of nitrogens with one attached hydrogen (secondary N) is 1. The summed E-state index contributed by atoms with van der Waals surface area (Å²) >= 11 is 1.43. The van der Waals surface area contributed by atoms with Crippen LogP contribution in [0.3, 0.4) is 0 Å².